The van der Waals surface area contributed by atoms with Gasteiger partial charge in [0.1, 0.15) is 0 Å². The minimum Gasteiger partial charge on any atom is -0.377 e. The maximum Gasteiger partial charge on any atom is 0.0603 e. The molecule has 0 aliphatic heterocycles. The molecule has 2 heteroatoms. The Balaban J connectivity index is 1.96. The molecule has 1 N–H and O–H groups in total. The number of ether oxygens (including phenoxy) is 1. The highest BCUT2D eigenvalue weighted by molar-refractivity contribution is 4.74. The second-order valence-corrected chi connectivity index (χ2v) is 6.15. The van der Waals surface area contributed by atoms with Crippen LogP contribution in [0.5, 0.6) is 0 Å². The van der Waals surface area contributed by atoms with Gasteiger partial charge in [0.2, 0.25) is 0 Å². The average Bonchev–Trinajstić information content (AvgIpc) is 2.37. The fourth-order valence-electron chi connectivity index (χ4n) is 2.90. The fraction of sp³-hybridized carbons (Fsp3) is 1.00. The minimum absolute atomic E-state index is 0.543. The summed E-state index contributed by atoms with van der Waals surface area (Å²) >= 11 is 0. The van der Waals surface area contributed by atoms with Crippen molar-refractivity contribution < 1.29 is 4.74 Å². The highest BCUT2D eigenvalue weighted by Gasteiger charge is 2.23. The Morgan fingerprint density at radius 1 is 1.17 bits per heavy atom. The third-order valence-electron chi connectivity index (χ3n) is 4.11. The van der Waals surface area contributed by atoms with Crippen molar-refractivity contribution in [3.63, 3.8) is 0 Å². The van der Waals surface area contributed by atoms with Crippen LogP contribution in [0, 0.1) is 11.8 Å². The van der Waals surface area contributed by atoms with Gasteiger partial charge >= 0.3 is 0 Å². The van der Waals surface area contributed by atoms with Crippen molar-refractivity contribution in [2.75, 3.05) is 19.7 Å². The van der Waals surface area contributed by atoms with Gasteiger partial charge in [-0.15, -0.1) is 0 Å². The van der Waals surface area contributed by atoms with Crippen LogP contribution in [-0.2, 0) is 4.74 Å². The SMILES string of the molecule is CCC1CCCCC1OCCNCCCC(C)C. The lowest BCUT2D eigenvalue weighted by molar-refractivity contribution is -0.0102. The summed E-state index contributed by atoms with van der Waals surface area (Å²) in [6.45, 7) is 9.93. The molecular formula is C16H33NO. The van der Waals surface area contributed by atoms with E-state index in [4.69, 9.17) is 4.74 Å². The lowest BCUT2D eigenvalue weighted by atomic mass is 9.85. The van der Waals surface area contributed by atoms with E-state index < -0.39 is 0 Å². The lowest BCUT2D eigenvalue weighted by Crippen LogP contribution is -2.30. The number of hydrogen-bond acceptors (Lipinski definition) is 2. The molecule has 1 aliphatic rings. The van der Waals surface area contributed by atoms with Crippen molar-refractivity contribution >= 4 is 0 Å². The second-order valence-electron chi connectivity index (χ2n) is 6.15. The molecule has 0 heterocycles. The number of nitrogens with one attached hydrogen (secondary N) is 1. The number of hydrogen-bond donors (Lipinski definition) is 1. The summed E-state index contributed by atoms with van der Waals surface area (Å²) in [5.41, 5.74) is 0. The van der Waals surface area contributed by atoms with Gasteiger partial charge in [-0.25, -0.2) is 0 Å². The summed E-state index contributed by atoms with van der Waals surface area (Å²) < 4.78 is 6.05. The molecule has 0 radical (unpaired) electrons. The van der Waals surface area contributed by atoms with E-state index in [0.29, 0.717) is 6.10 Å². The maximum atomic E-state index is 6.05. The van der Waals surface area contributed by atoms with Crippen LogP contribution in [-0.4, -0.2) is 25.8 Å². The van der Waals surface area contributed by atoms with Crippen molar-refractivity contribution in [1.82, 2.24) is 5.32 Å². The van der Waals surface area contributed by atoms with E-state index in [2.05, 4.69) is 26.1 Å². The summed E-state index contributed by atoms with van der Waals surface area (Å²) in [5.74, 6) is 1.65. The summed E-state index contributed by atoms with van der Waals surface area (Å²) in [4.78, 5) is 0. The normalized spacial score (nSPS) is 24.7. The zero-order valence-corrected chi connectivity index (χ0v) is 12.7. The first-order chi connectivity index (χ1) is 8.74. The van der Waals surface area contributed by atoms with E-state index in [0.717, 1.165) is 31.5 Å². The predicted molar refractivity (Wildman–Crippen MR) is 78.9 cm³/mol. The van der Waals surface area contributed by atoms with Crippen LogP contribution in [0.3, 0.4) is 0 Å². The van der Waals surface area contributed by atoms with E-state index in [-0.39, 0.29) is 0 Å². The zero-order valence-electron chi connectivity index (χ0n) is 12.7. The van der Waals surface area contributed by atoms with Gasteiger partial charge in [-0.2, -0.15) is 0 Å². The monoisotopic (exact) mass is 255 g/mol. The molecule has 0 aromatic rings. The van der Waals surface area contributed by atoms with Gasteiger partial charge in [0.15, 0.2) is 0 Å². The Hall–Kier alpha value is -0.0800. The zero-order chi connectivity index (χ0) is 13.2. The van der Waals surface area contributed by atoms with Crippen LogP contribution < -0.4 is 5.32 Å². The standard InChI is InChI=1S/C16H33NO/c1-4-15-9-5-6-10-16(15)18-13-12-17-11-7-8-14(2)3/h14-17H,4-13H2,1-3H3. The van der Waals surface area contributed by atoms with E-state index in [1.807, 2.05) is 0 Å². The largest absolute Gasteiger partial charge is 0.377 e. The Morgan fingerprint density at radius 2 is 1.94 bits per heavy atom. The van der Waals surface area contributed by atoms with Gasteiger partial charge in [-0.05, 0) is 44.1 Å². The first kappa shape index (κ1) is 16.0. The third-order valence-corrected chi connectivity index (χ3v) is 4.11. The molecule has 1 fully saturated rings. The quantitative estimate of drug-likeness (QED) is 0.629. The van der Waals surface area contributed by atoms with Gasteiger partial charge in [-0.1, -0.05) is 40.0 Å². The van der Waals surface area contributed by atoms with Gasteiger partial charge < -0.3 is 10.1 Å². The Morgan fingerprint density at radius 3 is 2.67 bits per heavy atom. The minimum atomic E-state index is 0.543. The maximum absolute atomic E-state index is 6.05. The van der Waals surface area contributed by atoms with E-state index in [1.165, 1.54) is 44.9 Å². The molecule has 1 aliphatic carbocycles. The van der Waals surface area contributed by atoms with Crippen LogP contribution in [0.15, 0.2) is 0 Å². The summed E-state index contributed by atoms with van der Waals surface area (Å²) in [6.07, 6.45) is 9.88. The molecule has 2 nitrogen and oxygen atoms in total. The highest BCUT2D eigenvalue weighted by atomic mass is 16.5. The van der Waals surface area contributed by atoms with Gasteiger partial charge in [0, 0.05) is 6.54 Å². The predicted octanol–water partition coefficient (Wildman–Crippen LogP) is 4.00. The van der Waals surface area contributed by atoms with Crippen LogP contribution in [0.2, 0.25) is 0 Å². The third kappa shape index (κ3) is 6.75. The number of rotatable bonds is 9. The van der Waals surface area contributed by atoms with Crippen molar-refractivity contribution in [2.45, 2.75) is 71.8 Å². The molecule has 18 heavy (non-hydrogen) atoms. The Kier molecular flexibility index (Phi) is 8.70. The molecule has 0 aromatic heterocycles. The van der Waals surface area contributed by atoms with Crippen molar-refractivity contribution in [3.8, 4) is 0 Å². The van der Waals surface area contributed by atoms with Crippen LogP contribution in [0.4, 0.5) is 0 Å². The molecule has 0 amide bonds. The van der Waals surface area contributed by atoms with Crippen LogP contribution in [0.1, 0.15) is 65.7 Å². The van der Waals surface area contributed by atoms with E-state index in [9.17, 15) is 0 Å². The summed E-state index contributed by atoms with van der Waals surface area (Å²) in [5, 5.41) is 3.49. The molecule has 0 saturated heterocycles. The van der Waals surface area contributed by atoms with Gasteiger partial charge in [-0.3, -0.25) is 0 Å². The smallest absolute Gasteiger partial charge is 0.0603 e. The van der Waals surface area contributed by atoms with Gasteiger partial charge in [0.25, 0.3) is 0 Å². The fourth-order valence-corrected chi connectivity index (χ4v) is 2.90. The molecule has 108 valence electrons. The molecule has 0 aromatic carbocycles. The molecule has 0 spiro atoms. The Bertz CT molecular complexity index is 194. The summed E-state index contributed by atoms with van der Waals surface area (Å²) in [7, 11) is 0. The van der Waals surface area contributed by atoms with Crippen molar-refractivity contribution in [1.29, 1.82) is 0 Å². The van der Waals surface area contributed by atoms with E-state index in [1.54, 1.807) is 0 Å². The van der Waals surface area contributed by atoms with Crippen molar-refractivity contribution in [3.05, 3.63) is 0 Å². The molecule has 1 rings (SSSR count). The molecule has 1 saturated carbocycles. The first-order valence-electron chi connectivity index (χ1n) is 8.06. The Labute approximate surface area is 114 Å². The van der Waals surface area contributed by atoms with E-state index >= 15 is 0 Å². The second kappa shape index (κ2) is 9.80. The highest BCUT2D eigenvalue weighted by Crippen LogP contribution is 2.28. The van der Waals surface area contributed by atoms with Crippen LogP contribution in [0.25, 0.3) is 0 Å². The summed E-state index contributed by atoms with van der Waals surface area (Å²) in [6, 6.07) is 0. The lowest BCUT2D eigenvalue weighted by Gasteiger charge is -2.30. The molecule has 2 atom stereocenters. The molecular weight excluding hydrogens is 222 g/mol. The van der Waals surface area contributed by atoms with Crippen molar-refractivity contribution in [2.24, 2.45) is 11.8 Å². The van der Waals surface area contributed by atoms with Crippen LogP contribution >= 0.6 is 0 Å². The van der Waals surface area contributed by atoms with Gasteiger partial charge in [0.05, 0.1) is 12.7 Å². The topological polar surface area (TPSA) is 21.3 Å². The average molecular weight is 255 g/mol. The first-order valence-corrected chi connectivity index (χ1v) is 8.06. The molecule has 2 unspecified atom stereocenters. The molecule has 0 bridgehead atoms.